The number of halogens is 2. The van der Waals surface area contributed by atoms with Crippen LogP contribution in [0.2, 0.25) is 0 Å². The van der Waals surface area contributed by atoms with Gasteiger partial charge in [-0.1, -0.05) is 31.9 Å². The molecule has 0 spiro atoms. The molecule has 0 aliphatic rings. The first kappa shape index (κ1) is 11.7. The van der Waals surface area contributed by atoms with Gasteiger partial charge in [-0.25, -0.2) is 0 Å². The van der Waals surface area contributed by atoms with E-state index in [0.29, 0.717) is 23.2 Å². The van der Waals surface area contributed by atoms with E-state index >= 15 is 0 Å². The fourth-order valence-corrected chi connectivity index (χ4v) is 1.72. The summed E-state index contributed by atoms with van der Waals surface area (Å²) < 4.78 is 6.28. The molecule has 0 amide bonds. The summed E-state index contributed by atoms with van der Waals surface area (Å²) in [5, 5.41) is 0.314. The summed E-state index contributed by atoms with van der Waals surface area (Å²) in [7, 11) is 0. The number of carbonyl (C=O) groups is 1. The van der Waals surface area contributed by atoms with Crippen LogP contribution in [0.5, 0.6) is 5.75 Å². The van der Waals surface area contributed by atoms with Crippen molar-refractivity contribution in [3.8, 4) is 5.75 Å². The van der Waals surface area contributed by atoms with E-state index in [1.807, 2.05) is 13.0 Å². The van der Waals surface area contributed by atoms with Crippen molar-refractivity contribution >= 4 is 37.6 Å². The molecule has 0 unspecified atom stereocenters. The van der Waals surface area contributed by atoms with Gasteiger partial charge in [0.25, 0.3) is 0 Å². The van der Waals surface area contributed by atoms with E-state index in [0.717, 1.165) is 4.47 Å². The van der Waals surface area contributed by atoms with Crippen molar-refractivity contribution in [2.45, 2.75) is 6.92 Å². The Morgan fingerprint density at radius 1 is 1.50 bits per heavy atom. The summed E-state index contributed by atoms with van der Waals surface area (Å²) in [6, 6.07) is 5.40. The SMILES string of the molecule is CCOc1cc(Br)ccc1C(=O)CBr. The molecule has 76 valence electrons. The number of ether oxygens (including phenoxy) is 1. The summed E-state index contributed by atoms with van der Waals surface area (Å²) in [5.41, 5.74) is 0.618. The van der Waals surface area contributed by atoms with Crippen LogP contribution in [-0.4, -0.2) is 17.7 Å². The predicted octanol–water partition coefficient (Wildman–Crippen LogP) is 3.43. The van der Waals surface area contributed by atoms with E-state index in [-0.39, 0.29) is 5.78 Å². The number of benzene rings is 1. The molecule has 4 heteroatoms. The van der Waals surface area contributed by atoms with Gasteiger partial charge < -0.3 is 4.74 Å². The third kappa shape index (κ3) is 2.82. The predicted molar refractivity (Wildman–Crippen MR) is 63.4 cm³/mol. The van der Waals surface area contributed by atoms with Crippen molar-refractivity contribution in [3.63, 3.8) is 0 Å². The quantitative estimate of drug-likeness (QED) is 0.627. The number of hydrogen-bond acceptors (Lipinski definition) is 2. The Kier molecular flexibility index (Phi) is 4.62. The third-order valence-corrected chi connectivity index (χ3v) is 2.67. The minimum absolute atomic E-state index is 0.0287. The molecule has 1 rings (SSSR count). The van der Waals surface area contributed by atoms with Gasteiger partial charge in [0.15, 0.2) is 5.78 Å². The maximum absolute atomic E-state index is 11.5. The molecular formula is C10H10Br2O2. The van der Waals surface area contributed by atoms with Crippen LogP contribution in [-0.2, 0) is 0 Å². The second-order valence-electron chi connectivity index (χ2n) is 2.63. The number of rotatable bonds is 4. The number of ketones is 1. The Morgan fingerprint density at radius 3 is 2.79 bits per heavy atom. The third-order valence-electron chi connectivity index (χ3n) is 1.67. The van der Waals surface area contributed by atoms with Crippen LogP contribution >= 0.6 is 31.9 Å². The Hall–Kier alpha value is -0.350. The summed E-state index contributed by atoms with van der Waals surface area (Å²) in [6.45, 7) is 2.45. The fourth-order valence-electron chi connectivity index (χ4n) is 1.07. The molecule has 2 nitrogen and oxygen atoms in total. The van der Waals surface area contributed by atoms with Crippen molar-refractivity contribution in [2.24, 2.45) is 0 Å². The maximum Gasteiger partial charge on any atom is 0.177 e. The average molecular weight is 322 g/mol. The van der Waals surface area contributed by atoms with Crippen LogP contribution < -0.4 is 4.74 Å². The number of alkyl halides is 1. The molecule has 0 radical (unpaired) electrons. The topological polar surface area (TPSA) is 26.3 Å². The highest BCUT2D eigenvalue weighted by Crippen LogP contribution is 2.24. The van der Waals surface area contributed by atoms with Gasteiger partial charge in [-0.15, -0.1) is 0 Å². The van der Waals surface area contributed by atoms with Crippen LogP contribution in [0.1, 0.15) is 17.3 Å². The lowest BCUT2D eigenvalue weighted by molar-refractivity contribution is 0.102. The summed E-state index contributed by atoms with van der Waals surface area (Å²) in [4.78, 5) is 11.5. The van der Waals surface area contributed by atoms with E-state index in [2.05, 4.69) is 31.9 Å². The monoisotopic (exact) mass is 320 g/mol. The molecule has 1 aromatic carbocycles. The number of hydrogen-bond donors (Lipinski definition) is 0. The minimum Gasteiger partial charge on any atom is -0.493 e. The fraction of sp³-hybridized carbons (Fsp3) is 0.300. The molecule has 0 heterocycles. The second kappa shape index (κ2) is 5.51. The van der Waals surface area contributed by atoms with Gasteiger partial charge in [0.05, 0.1) is 17.5 Å². The van der Waals surface area contributed by atoms with Gasteiger partial charge >= 0.3 is 0 Å². The highest BCUT2D eigenvalue weighted by molar-refractivity contribution is 9.10. The Labute approximate surface area is 99.9 Å². The molecule has 0 N–H and O–H groups in total. The summed E-state index contributed by atoms with van der Waals surface area (Å²) >= 11 is 6.47. The Bertz CT molecular complexity index is 337. The zero-order valence-corrected chi connectivity index (χ0v) is 10.9. The molecule has 1 aromatic rings. The van der Waals surface area contributed by atoms with E-state index in [4.69, 9.17) is 4.74 Å². The van der Waals surface area contributed by atoms with Crippen LogP contribution in [0.25, 0.3) is 0 Å². The summed E-state index contributed by atoms with van der Waals surface area (Å²) in [5.74, 6) is 0.660. The van der Waals surface area contributed by atoms with Crippen molar-refractivity contribution < 1.29 is 9.53 Å². The molecule has 0 aliphatic carbocycles. The van der Waals surface area contributed by atoms with Crippen LogP contribution in [0.15, 0.2) is 22.7 Å². The lowest BCUT2D eigenvalue weighted by Crippen LogP contribution is -2.04. The molecule has 0 fully saturated rings. The largest absolute Gasteiger partial charge is 0.493 e. The van der Waals surface area contributed by atoms with E-state index in [1.165, 1.54) is 0 Å². The van der Waals surface area contributed by atoms with E-state index < -0.39 is 0 Å². The molecule has 14 heavy (non-hydrogen) atoms. The molecule has 0 aromatic heterocycles. The van der Waals surface area contributed by atoms with E-state index in [1.54, 1.807) is 12.1 Å². The first-order valence-corrected chi connectivity index (χ1v) is 6.12. The first-order chi connectivity index (χ1) is 6.69. The van der Waals surface area contributed by atoms with E-state index in [9.17, 15) is 4.79 Å². The van der Waals surface area contributed by atoms with Gasteiger partial charge in [0.1, 0.15) is 5.75 Å². The van der Waals surface area contributed by atoms with Crippen molar-refractivity contribution in [1.29, 1.82) is 0 Å². The van der Waals surface area contributed by atoms with Crippen molar-refractivity contribution in [1.82, 2.24) is 0 Å². The molecule has 0 aliphatic heterocycles. The van der Waals surface area contributed by atoms with Gasteiger partial charge in [0, 0.05) is 4.47 Å². The molecule has 0 atom stereocenters. The van der Waals surface area contributed by atoms with Crippen molar-refractivity contribution in [2.75, 3.05) is 11.9 Å². The van der Waals surface area contributed by atoms with Gasteiger partial charge in [-0.05, 0) is 25.1 Å². The van der Waals surface area contributed by atoms with Crippen LogP contribution in [0.3, 0.4) is 0 Å². The van der Waals surface area contributed by atoms with Gasteiger partial charge in [-0.3, -0.25) is 4.79 Å². The lowest BCUT2D eigenvalue weighted by atomic mass is 10.1. The maximum atomic E-state index is 11.5. The molecular weight excluding hydrogens is 312 g/mol. The van der Waals surface area contributed by atoms with Gasteiger partial charge in [0.2, 0.25) is 0 Å². The highest BCUT2D eigenvalue weighted by Gasteiger charge is 2.11. The average Bonchev–Trinajstić information content (AvgIpc) is 2.17. The lowest BCUT2D eigenvalue weighted by Gasteiger charge is -2.08. The zero-order chi connectivity index (χ0) is 10.6. The van der Waals surface area contributed by atoms with Crippen LogP contribution in [0, 0.1) is 0 Å². The van der Waals surface area contributed by atoms with Gasteiger partial charge in [-0.2, -0.15) is 0 Å². The van der Waals surface area contributed by atoms with Crippen LogP contribution in [0.4, 0.5) is 0 Å². The first-order valence-electron chi connectivity index (χ1n) is 4.20. The highest BCUT2D eigenvalue weighted by atomic mass is 79.9. The zero-order valence-electron chi connectivity index (χ0n) is 7.72. The summed E-state index contributed by atoms with van der Waals surface area (Å²) in [6.07, 6.45) is 0. The Morgan fingerprint density at radius 2 is 2.21 bits per heavy atom. The number of Topliss-reactive ketones (excluding diaryl/α,β-unsaturated/α-hetero) is 1. The second-order valence-corrected chi connectivity index (χ2v) is 4.11. The minimum atomic E-state index is 0.0287. The molecule has 0 saturated carbocycles. The Balaban J connectivity index is 3.07. The normalized spacial score (nSPS) is 9.93. The molecule has 0 saturated heterocycles. The standard InChI is InChI=1S/C10H10Br2O2/c1-2-14-10-5-7(12)3-4-8(10)9(13)6-11/h3-5H,2,6H2,1H3. The number of carbonyl (C=O) groups excluding carboxylic acids is 1. The van der Waals surface area contributed by atoms with Crippen molar-refractivity contribution in [3.05, 3.63) is 28.2 Å². The molecule has 0 bridgehead atoms. The smallest absolute Gasteiger partial charge is 0.177 e.